The first kappa shape index (κ1) is 15.1. The van der Waals surface area contributed by atoms with Gasteiger partial charge in [0, 0.05) is 6.42 Å². The van der Waals surface area contributed by atoms with Crippen molar-refractivity contribution in [3.8, 4) is 0 Å². The van der Waals surface area contributed by atoms with Crippen LogP contribution in [0.2, 0.25) is 0 Å². The molecular weight excluding hydrogens is 290 g/mol. The summed E-state index contributed by atoms with van der Waals surface area (Å²) in [7, 11) is 1.41. The van der Waals surface area contributed by atoms with Gasteiger partial charge in [0.05, 0.1) is 13.7 Å². The predicted molar refractivity (Wildman–Crippen MR) is 88.8 cm³/mol. The number of nitrogens with one attached hydrogen (secondary N) is 1. The van der Waals surface area contributed by atoms with Crippen molar-refractivity contribution in [2.45, 2.75) is 19.4 Å². The van der Waals surface area contributed by atoms with E-state index >= 15 is 0 Å². The van der Waals surface area contributed by atoms with Crippen LogP contribution in [0, 0.1) is 0 Å². The highest BCUT2D eigenvalue weighted by Gasteiger charge is 2.15. The molecule has 0 unspecified atom stereocenters. The number of rotatable bonds is 5. The molecule has 0 bridgehead atoms. The lowest BCUT2D eigenvalue weighted by molar-refractivity contribution is -0.647. The zero-order valence-electron chi connectivity index (χ0n) is 13.1. The van der Waals surface area contributed by atoms with Crippen molar-refractivity contribution >= 4 is 23.0 Å². The van der Waals surface area contributed by atoms with Gasteiger partial charge in [-0.05, 0) is 29.7 Å². The number of hydrogen-bond acceptors (Lipinski definition) is 3. The lowest BCUT2D eigenvalue weighted by atomic mass is 10.1. The number of nitrogens with zero attached hydrogens (tertiary/aromatic N) is 1. The number of H-pyrrole nitrogens is 1. The number of aromatic nitrogens is 2. The Hall–Kier alpha value is -2.82. The van der Waals surface area contributed by atoms with Crippen LogP contribution in [-0.2, 0) is 22.5 Å². The maximum Gasteiger partial charge on any atom is 0.353 e. The predicted octanol–water partition coefficient (Wildman–Crippen LogP) is 2.19. The zero-order chi connectivity index (χ0) is 16.2. The summed E-state index contributed by atoms with van der Waals surface area (Å²) >= 11 is 0. The lowest BCUT2D eigenvalue weighted by Crippen LogP contribution is -2.36. The number of carbonyl (C=O) groups is 1. The van der Waals surface area contributed by atoms with Crippen LogP contribution in [0.5, 0.6) is 0 Å². The Labute approximate surface area is 134 Å². The van der Waals surface area contributed by atoms with Gasteiger partial charge in [0.2, 0.25) is 0 Å². The quantitative estimate of drug-likeness (QED) is 0.560. The second-order valence-corrected chi connectivity index (χ2v) is 5.51. The molecule has 5 heteroatoms. The van der Waals surface area contributed by atoms with Crippen molar-refractivity contribution in [2.75, 3.05) is 12.8 Å². The highest BCUT2D eigenvalue weighted by Crippen LogP contribution is 2.16. The van der Waals surface area contributed by atoms with E-state index in [1.807, 2.05) is 36.4 Å². The Morgan fingerprint density at radius 3 is 2.70 bits per heavy atom. The van der Waals surface area contributed by atoms with Crippen molar-refractivity contribution in [2.24, 2.45) is 0 Å². The molecule has 1 aromatic heterocycles. The molecule has 3 aromatic rings. The van der Waals surface area contributed by atoms with E-state index in [0.29, 0.717) is 25.3 Å². The molecule has 0 aliphatic rings. The molecule has 0 atom stereocenters. The average molecular weight is 310 g/mol. The van der Waals surface area contributed by atoms with Gasteiger partial charge in [0.1, 0.15) is 11.0 Å². The van der Waals surface area contributed by atoms with Crippen LogP contribution < -0.4 is 10.3 Å². The van der Waals surface area contributed by atoms with Gasteiger partial charge in [0.25, 0.3) is 0 Å². The Morgan fingerprint density at radius 2 is 1.96 bits per heavy atom. The van der Waals surface area contributed by atoms with Crippen LogP contribution in [0.3, 0.4) is 0 Å². The first-order valence-electron chi connectivity index (χ1n) is 7.58. The average Bonchev–Trinajstić information content (AvgIpc) is 2.88. The van der Waals surface area contributed by atoms with Crippen LogP contribution in [0.15, 0.2) is 48.5 Å². The minimum atomic E-state index is -0.199. The van der Waals surface area contributed by atoms with Crippen molar-refractivity contribution in [3.05, 3.63) is 59.7 Å². The minimum absolute atomic E-state index is 0.199. The third-order valence-electron chi connectivity index (χ3n) is 3.93. The maximum absolute atomic E-state index is 11.3. The van der Waals surface area contributed by atoms with Crippen molar-refractivity contribution in [1.82, 2.24) is 4.98 Å². The Balaban J connectivity index is 1.86. The number of fused-ring (bicyclic) bond motifs is 1. The highest BCUT2D eigenvalue weighted by atomic mass is 16.5. The molecule has 1 heterocycles. The lowest BCUT2D eigenvalue weighted by Gasteiger charge is -2.02. The number of imidazole rings is 1. The van der Waals surface area contributed by atoms with Crippen molar-refractivity contribution in [1.29, 1.82) is 0 Å². The number of methoxy groups -OCH3 is 1. The van der Waals surface area contributed by atoms with E-state index in [0.717, 1.165) is 16.6 Å². The number of aryl methyl sites for hydroxylation is 1. The summed E-state index contributed by atoms with van der Waals surface area (Å²) in [4.78, 5) is 14.5. The molecule has 5 nitrogen and oxygen atoms in total. The minimum Gasteiger partial charge on any atom is -0.469 e. The largest absolute Gasteiger partial charge is 0.469 e. The molecule has 0 radical (unpaired) electrons. The number of carbonyl (C=O) groups excluding carboxylic acids is 1. The molecule has 118 valence electrons. The molecule has 0 saturated heterocycles. The number of esters is 1. The van der Waals surface area contributed by atoms with E-state index in [4.69, 9.17) is 5.73 Å². The summed E-state index contributed by atoms with van der Waals surface area (Å²) in [6.45, 7) is 0.716. The highest BCUT2D eigenvalue weighted by molar-refractivity contribution is 5.74. The number of anilines is 1. The van der Waals surface area contributed by atoms with Gasteiger partial charge in [-0.3, -0.25) is 10.5 Å². The first-order valence-corrected chi connectivity index (χ1v) is 7.58. The number of nitrogens with two attached hydrogens (primary N) is 1. The summed E-state index contributed by atoms with van der Waals surface area (Å²) in [6, 6.07) is 16.3. The van der Waals surface area contributed by atoms with E-state index in [-0.39, 0.29) is 5.97 Å². The van der Waals surface area contributed by atoms with Crippen molar-refractivity contribution in [3.63, 3.8) is 0 Å². The standard InChI is InChI=1S/C18H19N3O2/c1-23-17(22)10-8-13-7-9-16-15(11-13)20-18(19)21(16)12-14-5-3-2-4-6-14/h2-7,9,11H,8,10,12H2,1H3,(H2,19,20)/p+1. The molecular formula is C18H20N3O2+. The Kier molecular flexibility index (Phi) is 4.28. The molecule has 0 amide bonds. The Morgan fingerprint density at radius 1 is 1.17 bits per heavy atom. The number of ether oxygens (including phenoxy) is 1. The summed E-state index contributed by atoms with van der Waals surface area (Å²) in [5.74, 6) is 0.421. The second-order valence-electron chi connectivity index (χ2n) is 5.51. The van der Waals surface area contributed by atoms with E-state index < -0.39 is 0 Å². The van der Waals surface area contributed by atoms with Gasteiger partial charge < -0.3 is 4.74 Å². The molecule has 3 N–H and O–H groups in total. The molecule has 0 aliphatic heterocycles. The number of benzene rings is 2. The third-order valence-corrected chi connectivity index (χ3v) is 3.93. The SMILES string of the molecule is COC(=O)CCc1ccc2c(c1)[nH]c(N)[n+]2Cc1ccccc1. The van der Waals surface area contributed by atoms with Gasteiger partial charge in [-0.2, -0.15) is 0 Å². The Bertz CT molecular complexity index is 825. The number of aromatic amines is 1. The van der Waals surface area contributed by atoms with Crippen LogP contribution in [0.1, 0.15) is 17.5 Å². The van der Waals surface area contributed by atoms with Gasteiger partial charge in [0.15, 0.2) is 0 Å². The molecule has 0 aliphatic carbocycles. The fraction of sp³-hybridized carbons (Fsp3) is 0.222. The maximum atomic E-state index is 11.3. The van der Waals surface area contributed by atoms with E-state index in [1.54, 1.807) is 0 Å². The van der Waals surface area contributed by atoms with E-state index in [1.165, 1.54) is 12.7 Å². The van der Waals surface area contributed by atoms with E-state index in [2.05, 4.69) is 26.4 Å². The van der Waals surface area contributed by atoms with Crippen molar-refractivity contribution < 1.29 is 14.1 Å². The summed E-state index contributed by atoms with van der Waals surface area (Å²) in [5, 5.41) is 0. The second kappa shape index (κ2) is 6.52. The first-order chi connectivity index (χ1) is 11.2. The fourth-order valence-corrected chi connectivity index (χ4v) is 2.69. The van der Waals surface area contributed by atoms with Crippen LogP contribution in [0.25, 0.3) is 11.0 Å². The van der Waals surface area contributed by atoms with E-state index in [9.17, 15) is 4.79 Å². The van der Waals surface area contributed by atoms with Crippen LogP contribution >= 0.6 is 0 Å². The molecule has 2 aromatic carbocycles. The third kappa shape index (κ3) is 3.34. The molecule has 23 heavy (non-hydrogen) atoms. The normalized spacial score (nSPS) is 10.8. The van der Waals surface area contributed by atoms with Crippen LogP contribution in [-0.4, -0.2) is 18.1 Å². The molecule has 0 fully saturated rings. The van der Waals surface area contributed by atoms with Crippen LogP contribution in [0.4, 0.5) is 5.95 Å². The molecule has 3 rings (SSSR count). The number of hydrogen-bond donors (Lipinski definition) is 2. The topological polar surface area (TPSA) is 72.0 Å². The molecule has 0 saturated carbocycles. The summed E-state index contributed by atoms with van der Waals surface area (Å²) < 4.78 is 6.73. The summed E-state index contributed by atoms with van der Waals surface area (Å²) in [6.07, 6.45) is 1.03. The van der Waals surface area contributed by atoms with Gasteiger partial charge >= 0.3 is 11.9 Å². The summed E-state index contributed by atoms with van der Waals surface area (Å²) in [5.41, 5.74) is 10.4. The van der Waals surface area contributed by atoms with Gasteiger partial charge in [-0.15, -0.1) is 0 Å². The zero-order valence-corrected chi connectivity index (χ0v) is 13.1. The number of nitrogen functional groups attached to an aromatic ring is 1. The monoisotopic (exact) mass is 310 g/mol. The smallest absolute Gasteiger partial charge is 0.353 e. The van der Waals surface area contributed by atoms with Gasteiger partial charge in [-0.1, -0.05) is 36.4 Å². The molecule has 0 spiro atoms. The fourth-order valence-electron chi connectivity index (χ4n) is 2.69. The van der Waals surface area contributed by atoms with Gasteiger partial charge in [-0.25, -0.2) is 9.55 Å².